The van der Waals surface area contributed by atoms with Gasteiger partial charge in [0.05, 0.1) is 32.0 Å². The van der Waals surface area contributed by atoms with Crippen molar-refractivity contribution < 1.29 is 14.2 Å². The average molecular weight is 251 g/mol. The molecular weight excluding hydrogens is 230 g/mol. The van der Waals surface area contributed by atoms with Crippen LogP contribution in [0.15, 0.2) is 24.3 Å². The lowest BCUT2D eigenvalue weighted by Crippen LogP contribution is -2.38. The summed E-state index contributed by atoms with van der Waals surface area (Å²) in [5.41, 5.74) is 7.24. The Hall–Kier alpha value is -1.10. The van der Waals surface area contributed by atoms with Crippen LogP contribution < -0.4 is 10.5 Å². The molecule has 0 bridgehead atoms. The number of hydrogen-bond acceptors (Lipinski definition) is 4. The minimum absolute atomic E-state index is 0.101. The normalized spacial score (nSPS) is 21.9. The Balaban J connectivity index is 2.15. The zero-order valence-electron chi connectivity index (χ0n) is 11.0. The average Bonchev–Trinajstić information content (AvgIpc) is 2.39. The minimum Gasteiger partial charge on any atom is -0.491 e. The minimum atomic E-state index is -0.222. The fourth-order valence-corrected chi connectivity index (χ4v) is 2.03. The van der Waals surface area contributed by atoms with E-state index in [9.17, 15) is 0 Å². The molecule has 2 atom stereocenters. The van der Waals surface area contributed by atoms with Crippen molar-refractivity contribution in [2.24, 2.45) is 5.73 Å². The van der Waals surface area contributed by atoms with E-state index in [1.165, 1.54) is 0 Å². The molecule has 1 aliphatic rings. The van der Waals surface area contributed by atoms with Gasteiger partial charge in [0.2, 0.25) is 0 Å². The second-order valence-electron chi connectivity index (χ2n) is 4.71. The summed E-state index contributed by atoms with van der Waals surface area (Å²) in [6.07, 6.45) is 0.0255. The molecule has 4 nitrogen and oxygen atoms in total. The smallest absolute Gasteiger partial charge is 0.124 e. The first-order chi connectivity index (χ1) is 8.68. The SMILES string of the molecule is CC(C)Oc1ccccc1C(N)C1COCCO1. The van der Waals surface area contributed by atoms with Crippen LogP contribution in [-0.2, 0) is 9.47 Å². The van der Waals surface area contributed by atoms with E-state index in [4.69, 9.17) is 19.9 Å². The maximum absolute atomic E-state index is 6.26. The van der Waals surface area contributed by atoms with E-state index >= 15 is 0 Å². The Morgan fingerprint density at radius 3 is 2.72 bits per heavy atom. The van der Waals surface area contributed by atoms with E-state index in [0.29, 0.717) is 19.8 Å². The first-order valence-corrected chi connectivity index (χ1v) is 6.39. The zero-order chi connectivity index (χ0) is 13.0. The van der Waals surface area contributed by atoms with Crippen LogP contribution in [0.3, 0.4) is 0 Å². The molecule has 2 N–H and O–H groups in total. The summed E-state index contributed by atoms with van der Waals surface area (Å²) in [6, 6.07) is 7.62. The number of nitrogens with two attached hydrogens (primary N) is 1. The number of hydrogen-bond donors (Lipinski definition) is 1. The predicted molar refractivity (Wildman–Crippen MR) is 69.7 cm³/mol. The fourth-order valence-electron chi connectivity index (χ4n) is 2.03. The second kappa shape index (κ2) is 6.18. The molecule has 1 aromatic rings. The van der Waals surface area contributed by atoms with Crippen molar-refractivity contribution >= 4 is 0 Å². The van der Waals surface area contributed by atoms with Crippen molar-refractivity contribution in [3.8, 4) is 5.75 Å². The van der Waals surface area contributed by atoms with Crippen molar-refractivity contribution in [1.29, 1.82) is 0 Å². The quantitative estimate of drug-likeness (QED) is 0.888. The highest BCUT2D eigenvalue weighted by Gasteiger charge is 2.25. The lowest BCUT2D eigenvalue weighted by Gasteiger charge is -2.29. The van der Waals surface area contributed by atoms with Crippen LogP contribution in [0.25, 0.3) is 0 Å². The van der Waals surface area contributed by atoms with E-state index in [1.54, 1.807) is 0 Å². The number of ether oxygens (including phenoxy) is 3. The molecule has 1 saturated heterocycles. The van der Waals surface area contributed by atoms with E-state index in [-0.39, 0.29) is 18.2 Å². The van der Waals surface area contributed by atoms with Crippen molar-refractivity contribution in [2.75, 3.05) is 19.8 Å². The van der Waals surface area contributed by atoms with Crippen LogP contribution in [0.5, 0.6) is 5.75 Å². The van der Waals surface area contributed by atoms with Crippen LogP contribution in [0.1, 0.15) is 25.5 Å². The van der Waals surface area contributed by atoms with Gasteiger partial charge in [0.1, 0.15) is 11.9 Å². The molecule has 1 aliphatic heterocycles. The van der Waals surface area contributed by atoms with Gasteiger partial charge in [-0.1, -0.05) is 18.2 Å². The summed E-state index contributed by atoms with van der Waals surface area (Å²) in [6.45, 7) is 5.79. The van der Waals surface area contributed by atoms with E-state index in [1.807, 2.05) is 38.1 Å². The first kappa shape index (κ1) is 13.3. The Morgan fingerprint density at radius 2 is 2.06 bits per heavy atom. The van der Waals surface area contributed by atoms with Crippen LogP contribution in [0.4, 0.5) is 0 Å². The fraction of sp³-hybridized carbons (Fsp3) is 0.571. The lowest BCUT2D eigenvalue weighted by molar-refractivity contribution is -0.0978. The molecule has 18 heavy (non-hydrogen) atoms. The molecule has 2 rings (SSSR count). The molecular formula is C14H21NO3. The molecule has 0 radical (unpaired) electrons. The van der Waals surface area contributed by atoms with Gasteiger partial charge in [0, 0.05) is 5.56 Å². The third-order valence-corrected chi connectivity index (χ3v) is 2.88. The molecule has 0 spiro atoms. The van der Waals surface area contributed by atoms with Crippen LogP contribution in [0, 0.1) is 0 Å². The van der Waals surface area contributed by atoms with Gasteiger partial charge >= 0.3 is 0 Å². The summed E-state index contributed by atoms with van der Waals surface area (Å²) in [5, 5.41) is 0. The van der Waals surface area contributed by atoms with Gasteiger partial charge in [-0.25, -0.2) is 0 Å². The predicted octanol–water partition coefficient (Wildman–Crippen LogP) is 1.89. The van der Waals surface area contributed by atoms with E-state index in [2.05, 4.69) is 0 Å². The number of rotatable bonds is 4. The summed E-state index contributed by atoms with van der Waals surface area (Å²) < 4.78 is 16.8. The molecule has 0 aromatic heterocycles. The highest BCUT2D eigenvalue weighted by molar-refractivity contribution is 5.36. The topological polar surface area (TPSA) is 53.7 Å². The van der Waals surface area contributed by atoms with Crippen molar-refractivity contribution in [3.63, 3.8) is 0 Å². The summed E-state index contributed by atoms with van der Waals surface area (Å²) in [7, 11) is 0. The Labute approximate surface area is 108 Å². The molecule has 2 unspecified atom stereocenters. The molecule has 0 aliphatic carbocycles. The summed E-state index contributed by atoms with van der Waals surface area (Å²) >= 11 is 0. The largest absolute Gasteiger partial charge is 0.491 e. The maximum atomic E-state index is 6.26. The first-order valence-electron chi connectivity index (χ1n) is 6.39. The van der Waals surface area contributed by atoms with Gasteiger partial charge in [-0.05, 0) is 19.9 Å². The van der Waals surface area contributed by atoms with Gasteiger partial charge in [-0.3, -0.25) is 0 Å². The number of benzene rings is 1. The van der Waals surface area contributed by atoms with E-state index in [0.717, 1.165) is 11.3 Å². The standard InChI is InChI=1S/C14H21NO3/c1-10(2)18-12-6-4-3-5-11(12)14(15)13-9-16-7-8-17-13/h3-6,10,13-14H,7-9,15H2,1-2H3. The van der Waals surface area contributed by atoms with Gasteiger partial charge in [0.25, 0.3) is 0 Å². The molecule has 0 saturated carbocycles. The second-order valence-corrected chi connectivity index (χ2v) is 4.71. The van der Waals surface area contributed by atoms with E-state index < -0.39 is 0 Å². The highest BCUT2D eigenvalue weighted by atomic mass is 16.6. The molecule has 4 heteroatoms. The maximum Gasteiger partial charge on any atom is 0.124 e. The Kier molecular flexibility index (Phi) is 4.58. The highest BCUT2D eigenvalue weighted by Crippen LogP contribution is 2.28. The molecule has 1 heterocycles. The third-order valence-electron chi connectivity index (χ3n) is 2.88. The van der Waals surface area contributed by atoms with Gasteiger partial charge in [-0.15, -0.1) is 0 Å². The van der Waals surface area contributed by atoms with Crippen molar-refractivity contribution in [1.82, 2.24) is 0 Å². The zero-order valence-corrected chi connectivity index (χ0v) is 11.0. The van der Waals surface area contributed by atoms with Gasteiger partial charge < -0.3 is 19.9 Å². The van der Waals surface area contributed by atoms with Crippen LogP contribution >= 0.6 is 0 Å². The molecule has 100 valence electrons. The number of para-hydroxylation sites is 1. The van der Waals surface area contributed by atoms with Crippen LogP contribution in [0.2, 0.25) is 0 Å². The Morgan fingerprint density at radius 1 is 1.28 bits per heavy atom. The molecule has 1 aromatic carbocycles. The van der Waals surface area contributed by atoms with Gasteiger partial charge in [-0.2, -0.15) is 0 Å². The lowest BCUT2D eigenvalue weighted by atomic mass is 10.0. The molecule has 0 amide bonds. The monoisotopic (exact) mass is 251 g/mol. The van der Waals surface area contributed by atoms with Crippen LogP contribution in [-0.4, -0.2) is 32.0 Å². The van der Waals surface area contributed by atoms with Gasteiger partial charge in [0.15, 0.2) is 0 Å². The Bertz CT molecular complexity index is 375. The van der Waals surface area contributed by atoms with Crippen molar-refractivity contribution in [3.05, 3.63) is 29.8 Å². The summed E-state index contributed by atoms with van der Waals surface area (Å²) in [4.78, 5) is 0. The third kappa shape index (κ3) is 3.22. The van der Waals surface area contributed by atoms with Crippen molar-refractivity contribution in [2.45, 2.75) is 32.1 Å². The molecule has 1 fully saturated rings. The summed E-state index contributed by atoms with van der Waals surface area (Å²) in [5.74, 6) is 0.828.